The van der Waals surface area contributed by atoms with Crippen molar-refractivity contribution >= 4 is 49.1 Å². The molecule has 0 radical (unpaired) electrons. The van der Waals surface area contributed by atoms with Crippen LogP contribution in [0.2, 0.25) is 0 Å². The number of hydrogen-bond acceptors (Lipinski definition) is 9. The number of nitriles is 1. The Bertz CT molecular complexity index is 2150. The summed E-state index contributed by atoms with van der Waals surface area (Å²) in [4.78, 5) is 26.7. The molecule has 0 bridgehead atoms. The number of benzene rings is 2. The third-order valence-electron chi connectivity index (χ3n) is 10.6. The minimum absolute atomic E-state index is 0.00702. The van der Waals surface area contributed by atoms with Gasteiger partial charge in [-0.3, -0.25) is 9.69 Å². The van der Waals surface area contributed by atoms with Gasteiger partial charge in [0.2, 0.25) is 5.91 Å². The molecule has 0 saturated carbocycles. The molecule has 1 unspecified atom stereocenters. The van der Waals surface area contributed by atoms with E-state index in [9.17, 15) is 32.0 Å². The summed E-state index contributed by atoms with van der Waals surface area (Å²) in [6, 6.07) is 3.60. The molecular formula is C34H29F6N7O2S. The number of nitrogen functional groups attached to an aromatic ring is 1. The van der Waals surface area contributed by atoms with Crippen molar-refractivity contribution in [3.63, 3.8) is 0 Å². The maximum Gasteiger partial charge on any atom is 0.417 e. The first kappa shape index (κ1) is 32.6. The Kier molecular flexibility index (Phi) is 7.46. The molecule has 0 spiro atoms. The summed E-state index contributed by atoms with van der Waals surface area (Å²) in [5.41, 5.74) is 1.90. The molecule has 50 heavy (non-hydrogen) atoms. The first-order chi connectivity index (χ1) is 23.8. The molecule has 4 aromatic rings. The highest BCUT2D eigenvalue weighted by Gasteiger charge is 2.51. The number of alkyl halides is 4. The molecule has 0 aliphatic carbocycles. The molecule has 1 amide bonds. The molecule has 260 valence electrons. The van der Waals surface area contributed by atoms with Crippen LogP contribution in [-0.4, -0.2) is 82.3 Å². The number of rotatable bonds is 6. The predicted molar refractivity (Wildman–Crippen MR) is 174 cm³/mol. The van der Waals surface area contributed by atoms with E-state index in [-0.39, 0.29) is 87.5 Å². The van der Waals surface area contributed by atoms with Crippen molar-refractivity contribution in [2.24, 2.45) is 0 Å². The monoisotopic (exact) mass is 713 g/mol. The fourth-order valence-electron chi connectivity index (χ4n) is 8.37. The van der Waals surface area contributed by atoms with Crippen LogP contribution < -0.4 is 15.4 Å². The number of amides is 1. The SMILES string of the molecule is C=CC(=O)N1CCC2[C@H]1CN2c1nc(OC[C@@]23CCCN2C[C@H](F)C3)nc2c(F)c(-c3ccc(F)c4sc(N)c(C#N)c34)c(C(F)(F)F)cc12. The summed E-state index contributed by atoms with van der Waals surface area (Å²) in [6.07, 6.45) is -2.75. The number of ether oxygens (including phenoxy) is 1. The number of halogens is 6. The Morgan fingerprint density at radius 1 is 1.22 bits per heavy atom. The average Bonchev–Trinajstić information content (AvgIpc) is 3.79. The number of carbonyl (C=O) groups excluding carboxylic acids is 1. The lowest BCUT2D eigenvalue weighted by Gasteiger charge is -2.47. The van der Waals surface area contributed by atoms with Crippen LogP contribution in [0.1, 0.15) is 36.8 Å². The normalized spacial score (nSPS) is 24.8. The van der Waals surface area contributed by atoms with Crippen molar-refractivity contribution in [2.45, 2.75) is 55.7 Å². The molecule has 9 nitrogen and oxygen atoms in total. The number of carbonyl (C=O) groups is 1. The lowest BCUT2D eigenvalue weighted by atomic mass is 9.91. The van der Waals surface area contributed by atoms with Crippen LogP contribution in [0.4, 0.5) is 37.2 Å². The van der Waals surface area contributed by atoms with Gasteiger partial charge in [0, 0.05) is 42.4 Å². The summed E-state index contributed by atoms with van der Waals surface area (Å²) >= 11 is 0.679. The van der Waals surface area contributed by atoms with Crippen LogP contribution in [0.25, 0.3) is 32.1 Å². The lowest BCUT2D eigenvalue weighted by Crippen LogP contribution is -2.63. The second-order valence-corrected chi connectivity index (χ2v) is 14.3. The van der Waals surface area contributed by atoms with Gasteiger partial charge in [0.25, 0.3) is 0 Å². The topological polar surface area (TPSA) is 112 Å². The second-order valence-electron chi connectivity index (χ2n) is 13.3. The number of likely N-dealkylation sites (tertiary alicyclic amines) is 1. The van der Waals surface area contributed by atoms with Crippen molar-refractivity contribution in [1.29, 1.82) is 5.26 Å². The number of nitrogens with zero attached hydrogens (tertiary/aromatic N) is 6. The minimum atomic E-state index is -5.11. The number of nitrogens with two attached hydrogens (primary N) is 1. The van der Waals surface area contributed by atoms with Crippen LogP contribution in [0.5, 0.6) is 6.01 Å². The minimum Gasteiger partial charge on any atom is -0.461 e. The van der Waals surface area contributed by atoms with Gasteiger partial charge in [0.15, 0.2) is 5.82 Å². The Balaban J connectivity index is 1.32. The molecule has 6 heterocycles. The summed E-state index contributed by atoms with van der Waals surface area (Å²) < 4.78 is 97.3. The lowest BCUT2D eigenvalue weighted by molar-refractivity contribution is -0.137. The number of fused-ring (bicyclic) bond motifs is 4. The van der Waals surface area contributed by atoms with Crippen LogP contribution in [0.15, 0.2) is 30.9 Å². The zero-order valence-electron chi connectivity index (χ0n) is 26.4. The van der Waals surface area contributed by atoms with E-state index in [1.165, 1.54) is 6.08 Å². The summed E-state index contributed by atoms with van der Waals surface area (Å²) in [5, 5.41) is 9.21. The largest absolute Gasteiger partial charge is 0.461 e. The van der Waals surface area contributed by atoms with Gasteiger partial charge < -0.3 is 20.3 Å². The molecule has 2 N–H and O–H groups in total. The Morgan fingerprint density at radius 3 is 2.76 bits per heavy atom. The van der Waals surface area contributed by atoms with Gasteiger partial charge in [-0.05, 0) is 49.6 Å². The Morgan fingerprint density at radius 2 is 2.02 bits per heavy atom. The summed E-state index contributed by atoms with van der Waals surface area (Å²) in [5.74, 6) is -2.48. The van der Waals surface area contributed by atoms with Crippen LogP contribution in [0.3, 0.4) is 0 Å². The first-order valence-corrected chi connectivity index (χ1v) is 16.9. The highest BCUT2D eigenvalue weighted by atomic mass is 32.1. The van der Waals surface area contributed by atoms with Crippen LogP contribution in [-0.2, 0) is 11.0 Å². The third-order valence-corrected chi connectivity index (χ3v) is 11.7. The van der Waals surface area contributed by atoms with Crippen LogP contribution >= 0.6 is 11.3 Å². The van der Waals surface area contributed by atoms with Crippen molar-refractivity contribution < 1.29 is 35.9 Å². The molecule has 2 aromatic carbocycles. The van der Waals surface area contributed by atoms with E-state index in [1.807, 2.05) is 11.0 Å². The molecule has 8 rings (SSSR count). The van der Waals surface area contributed by atoms with Crippen molar-refractivity contribution in [3.8, 4) is 23.2 Å². The predicted octanol–water partition coefficient (Wildman–Crippen LogP) is 6.19. The molecular weight excluding hydrogens is 684 g/mol. The number of aromatic nitrogens is 2. The van der Waals surface area contributed by atoms with Crippen molar-refractivity contribution in [2.75, 3.05) is 43.4 Å². The Labute approximate surface area is 285 Å². The fraction of sp³-hybridized carbons (Fsp3) is 0.412. The maximum absolute atomic E-state index is 17.1. The third kappa shape index (κ3) is 4.80. The van der Waals surface area contributed by atoms with Gasteiger partial charge in [-0.2, -0.15) is 28.4 Å². The molecule has 16 heteroatoms. The molecule has 4 saturated heterocycles. The second kappa shape index (κ2) is 11.5. The van der Waals surface area contributed by atoms with E-state index in [0.29, 0.717) is 37.3 Å². The molecule has 4 atom stereocenters. The van der Waals surface area contributed by atoms with Crippen molar-refractivity contribution in [3.05, 3.63) is 53.6 Å². The Hall–Kier alpha value is -4.62. The zero-order chi connectivity index (χ0) is 35.3. The molecule has 4 aliphatic rings. The molecule has 2 aromatic heterocycles. The van der Waals surface area contributed by atoms with E-state index >= 15 is 4.39 Å². The molecule has 4 aliphatic heterocycles. The van der Waals surface area contributed by atoms with Gasteiger partial charge in [-0.25, -0.2) is 13.2 Å². The van der Waals surface area contributed by atoms with Gasteiger partial charge in [0.05, 0.1) is 33.4 Å². The van der Waals surface area contributed by atoms with Crippen molar-refractivity contribution in [1.82, 2.24) is 19.8 Å². The number of hydrogen-bond donors (Lipinski definition) is 1. The van der Waals surface area contributed by atoms with Gasteiger partial charge in [0.1, 0.15) is 41.0 Å². The van der Waals surface area contributed by atoms with Gasteiger partial charge in [-0.1, -0.05) is 12.6 Å². The highest BCUT2D eigenvalue weighted by molar-refractivity contribution is 7.23. The van der Waals surface area contributed by atoms with Gasteiger partial charge in [-0.15, -0.1) is 11.3 Å². The maximum atomic E-state index is 17.1. The summed E-state index contributed by atoms with van der Waals surface area (Å²) in [7, 11) is 0. The van der Waals surface area contributed by atoms with E-state index < -0.39 is 46.2 Å². The zero-order valence-corrected chi connectivity index (χ0v) is 27.2. The first-order valence-electron chi connectivity index (χ1n) is 16.1. The quantitative estimate of drug-likeness (QED) is 0.186. The van der Waals surface area contributed by atoms with E-state index in [4.69, 9.17) is 10.5 Å². The van der Waals surface area contributed by atoms with Crippen LogP contribution in [0, 0.1) is 23.0 Å². The molecule has 4 fully saturated rings. The van der Waals surface area contributed by atoms with E-state index in [1.54, 1.807) is 9.80 Å². The smallest absolute Gasteiger partial charge is 0.417 e. The number of anilines is 2. The highest BCUT2D eigenvalue weighted by Crippen LogP contribution is 2.49. The fourth-order valence-corrected chi connectivity index (χ4v) is 9.32. The van der Waals surface area contributed by atoms with E-state index in [0.717, 1.165) is 24.6 Å². The average molecular weight is 714 g/mol. The van der Waals surface area contributed by atoms with E-state index in [2.05, 4.69) is 16.5 Å². The standard InChI is InChI=1S/C34H29F6N7O2S/c1-2-24(48)46-9-6-22-23(46)14-47(22)31-18-10-20(34(38,39)40)26(17-4-5-21(36)29-25(17)19(12-41)30(42)50-29)27(37)28(18)43-32(44-31)49-15-33-7-3-8-45(33)13-16(35)11-33/h2,4-5,10,16,22-23H,1,3,6-9,11,13-15,42H2/t16-,22?,23-,33+/m1/s1. The summed E-state index contributed by atoms with van der Waals surface area (Å²) in [6.45, 7) is 5.08. The van der Waals surface area contributed by atoms with Gasteiger partial charge >= 0.3 is 12.2 Å². The number of thiophene rings is 1.